The topological polar surface area (TPSA) is 49.8 Å². The number of carbonyl (C=O) groups excluding carboxylic acids is 1. The lowest BCUT2D eigenvalue weighted by Crippen LogP contribution is -2.13. The van der Waals surface area contributed by atoms with Gasteiger partial charge in [-0.2, -0.15) is 0 Å². The van der Waals surface area contributed by atoms with Crippen molar-refractivity contribution in [1.82, 2.24) is 0 Å². The van der Waals surface area contributed by atoms with E-state index in [1.54, 1.807) is 30.3 Å². The average Bonchev–Trinajstić information content (AvgIpc) is 3.22. The molecule has 19 heavy (non-hydrogen) atoms. The van der Waals surface area contributed by atoms with Crippen molar-refractivity contribution in [2.75, 3.05) is 0 Å². The smallest absolute Gasteiger partial charge is 0.196 e. The van der Waals surface area contributed by atoms with Crippen LogP contribution in [-0.4, -0.2) is 10.9 Å². The molecule has 1 aliphatic rings. The number of fused-ring (bicyclic) bond motifs is 1. The molecule has 3 rings (SSSR count). The number of benzene rings is 2. The number of Topliss-reactive ketones (excluding diaryl/α,β-unsaturated/α-hetero) is 1. The monoisotopic (exact) mass is 254 g/mol. The molecule has 1 aliphatic heterocycles. The molecule has 0 saturated heterocycles. The minimum absolute atomic E-state index is 0.287. The van der Waals surface area contributed by atoms with Crippen LogP contribution in [0.3, 0.4) is 0 Å². The van der Waals surface area contributed by atoms with Crippen LogP contribution in [0.5, 0.6) is 11.5 Å². The second kappa shape index (κ2) is 4.21. The second-order valence-electron chi connectivity index (χ2n) is 4.78. The Bertz CT molecular complexity index is 659. The maximum Gasteiger partial charge on any atom is 0.196 e. The summed E-state index contributed by atoms with van der Waals surface area (Å²) in [4.78, 5) is 12.4. The van der Waals surface area contributed by atoms with E-state index in [-0.39, 0.29) is 5.78 Å². The lowest BCUT2D eigenvalue weighted by molar-refractivity contribution is 0.0746. The van der Waals surface area contributed by atoms with Gasteiger partial charge in [0, 0.05) is 5.56 Å². The van der Waals surface area contributed by atoms with Gasteiger partial charge in [-0.3, -0.25) is 4.79 Å². The van der Waals surface area contributed by atoms with E-state index in [0.717, 1.165) is 22.6 Å². The van der Waals surface area contributed by atoms with Crippen molar-refractivity contribution in [2.45, 2.75) is 20.0 Å². The first-order valence-electron chi connectivity index (χ1n) is 6.19. The standard InChI is InChI=1S/C16H14O3/c1-9-10(2)16-13(19-16)8-12(9)15(18)14(17)11-6-4-3-5-7-11/h3-8,14,17H,1-2H3. The van der Waals surface area contributed by atoms with E-state index in [4.69, 9.17) is 4.74 Å². The lowest BCUT2D eigenvalue weighted by Gasteiger charge is -2.11. The molecule has 2 aromatic rings. The van der Waals surface area contributed by atoms with Gasteiger partial charge in [-0.1, -0.05) is 30.3 Å². The molecule has 0 amide bonds. The van der Waals surface area contributed by atoms with Crippen LogP contribution in [0.1, 0.15) is 33.2 Å². The summed E-state index contributed by atoms with van der Waals surface area (Å²) in [5.41, 5.74) is 2.98. The van der Waals surface area contributed by atoms with Crippen molar-refractivity contribution in [3.8, 4) is 11.5 Å². The first kappa shape index (κ1) is 11.9. The normalized spacial score (nSPS) is 13.4. The van der Waals surface area contributed by atoms with Gasteiger partial charge < -0.3 is 9.84 Å². The van der Waals surface area contributed by atoms with Gasteiger partial charge in [0.05, 0.1) is 0 Å². The Morgan fingerprint density at radius 2 is 1.84 bits per heavy atom. The van der Waals surface area contributed by atoms with Gasteiger partial charge in [-0.05, 0) is 36.6 Å². The van der Waals surface area contributed by atoms with Gasteiger partial charge in [0.1, 0.15) is 6.10 Å². The minimum Gasteiger partial charge on any atom is -0.449 e. The number of aliphatic hydroxyl groups is 1. The van der Waals surface area contributed by atoms with E-state index < -0.39 is 6.10 Å². The number of aliphatic hydroxyl groups excluding tert-OH is 1. The highest BCUT2D eigenvalue weighted by molar-refractivity contribution is 6.02. The van der Waals surface area contributed by atoms with Gasteiger partial charge >= 0.3 is 0 Å². The Labute approximate surface area is 111 Å². The highest BCUT2D eigenvalue weighted by Crippen LogP contribution is 2.50. The van der Waals surface area contributed by atoms with Crippen molar-refractivity contribution in [2.24, 2.45) is 0 Å². The predicted molar refractivity (Wildman–Crippen MR) is 71.7 cm³/mol. The SMILES string of the molecule is Cc1c(C(=O)C(O)c2ccccc2)cc2c(c1C)O2. The van der Waals surface area contributed by atoms with Crippen molar-refractivity contribution < 1.29 is 14.6 Å². The molecule has 1 atom stereocenters. The number of hydrogen-bond donors (Lipinski definition) is 1. The summed E-state index contributed by atoms with van der Waals surface area (Å²) in [5.74, 6) is 1.32. The van der Waals surface area contributed by atoms with Crippen LogP contribution in [0.2, 0.25) is 0 Å². The van der Waals surface area contributed by atoms with Crippen molar-refractivity contribution in [1.29, 1.82) is 0 Å². The highest BCUT2D eigenvalue weighted by atomic mass is 16.6. The van der Waals surface area contributed by atoms with Crippen LogP contribution in [0.25, 0.3) is 0 Å². The van der Waals surface area contributed by atoms with E-state index in [1.807, 2.05) is 19.9 Å². The summed E-state index contributed by atoms with van der Waals surface area (Å²) < 4.78 is 5.29. The maximum atomic E-state index is 12.4. The van der Waals surface area contributed by atoms with Gasteiger partial charge in [0.2, 0.25) is 0 Å². The summed E-state index contributed by atoms with van der Waals surface area (Å²) >= 11 is 0. The molecule has 0 bridgehead atoms. The van der Waals surface area contributed by atoms with Crippen molar-refractivity contribution >= 4 is 5.78 Å². The van der Waals surface area contributed by atoms with Crippen molar-refractivity contribution in [3.05, 3.63) is 58.7 Å². The Morgan fingerprint density at radius 3 is 2.53 bits per heavy atom. The molecule has 1 unspecified atom stereocenters. The van der Waals surface area contributed by atoms with Crippen LogP contribution in [-0.2, 0) is 0 Å². The van der Waals surface area contributed by atoms with Crippen LogP contribution < -0.4 is 4.74 Å². The summed E-state index contributed by atoms with van der Waals surface area (Å²) in [6.45, 7) is 3.80. The summed E-state index contributed by atoms with van der Waals surface area (Å²) in [7, 11) is 0. The number of ether oxygens (including phenoxy) is 1. The van der Waals surface area contributed by atoms with Gasteiger partial charge in [-0.15, -0.1) is 0 Å². The summed E-state index contributed by atoms with van der Waals surface area (Å²) in [6, 6.07) is 10.7. The minimum atomic E-state index is -1.13. The maximum absolute atomic E-state index is 12.4. The van der Waals surface area contributed by atoms with E-state index in [0.29, 0.717) is 11.1 Å². The number of hydrogen-bond acceptors (Lipinski definition) is 3. The number of carbonyl (C=O) groups is 1. The fourth-order valence-electron chi connectivity index (χ4n) is 2.24. The van der Waals surface area contributed by atoms with Gasteiger partial charge in [-0.25, -0.2) is 0 Å². The molecule has 0 aliphatic carbocycles. The largest absolute Gasteiger partial charge is 0.449 e. The molecule has 0 saturated carbocycles. The summed E-state index contributed by atoms with van der Waals surface area (Å²) in [6.07, 6.45) is -1.13. The van der Waals surface area contributed by atoms with Crippen LogP contribution in [0, 0.1) is 13.8 Å². The average molecular weight is 254 g/mol. The zero-order valence-corrected chi connectivity index (χ0v) is 10.8. The number of rotatable bonds is 3. The molecule has 3 nitrogen and oxygen atoms in total. The van der Waals surface area contributed by atoms with Crippen LogP contribution in [0.15, 0.2) is 36.4 Å². The van der Waals surface area contributed by atoms with Gasteiger partial charge in [0.25, 0.3) is 0 Å². The molecule has 0 spiro atoms. The molecular weight excluding hydrogens is 240 g/mol. The first-order chi connectivity index (χ1) is 9.09. The zero-order valence-electron chi connectivity index (χ0n) is 10.8. The third kappa shape index (κ3) is 1.92. The quantitative estimate of drug-likeness (QED) is 0.576. The fraction of sp³-hybridized carbons (Fsp3) is 0.188. The van der Waals surface area contributed by atoms with Gasteiger partial charge in [0.15, 0.2) is 17.3 Å². The third-order valence-corrected chi connectivity index (χ3v) is 3.61. The van der Waals surface area contributed by atoms with E-state index in [2.05, 4.69) is 0 Å². The summed E-state index contributed by atoms with van der Waals surface area (Å²) in [5, 5.41) is 10.2. The van der Waals surface area contributed by atoms with E-state index >= 15 is 0 Å². The molecule has 0 radical (unpaired) electrons. The zero-order chi connectivity index (χ0) is 13.6. The molecule has 96 valence electrons. The molecule has 0 fully saturated rings. The fourth-order valence-corrected chi connectivity index (χ4v) is 2.24. The van der Waals surface area contributed by atoms with Crippen LogP contribution in [0.4, 0.5) is 0 Å². The highest BCUT2D eigenvalue weighted by Gasteiger charge is 2.30. The Balaban J connectivity index is 1.98. The van der Waals surface area contributed by atoms with E-state index in [9.17, 15) is 9.90 Å². The second-order valence-corrected chi connectivity index (χ2v) is 4.78. The Hall–Kier alpha value is -2.13. The molecule has 2 aromatic carbocycles. The molecule has 3 heteroatoms. The Morgan fingerprint density at radius 1 is 1.16 bits per heavy atom. The molecule has 0 aromatic heterocycles. The van der Waals surface area contributed by atoms with Crippen molar-refractivity contribution in [3.63, 3.8) is 0 Å². The number of ketones is 1. The third-order valence-electron chi connectivity index (χ3n) is 3.61. The van der Waals surface area contributed by atoms with E-state index in [1.165, 1.54) is 0 Å². The molecular formula is C16H14O3. The lowest BCUT2D eigenvalue weighted by atomic mass is 9.94. The molecule has 1 heterocycles. The Kier molecular flexibility index (Phi) is 2.64. The first-order valence-corrected chi connectivity index (χ1v) is 6.19. The predicted octanol–water partition coefficient (Wildman–Crippen LogP) is 3.33. The molecule has 1 N–H and O–H groups in total. The van der Waals surface area contributed by atoms with Crippen LogP contribution >= 0.6 is 0 Å².